The number of cyclic esters (lactones) is 4. The van der Waals surface area contributed by atoms with Crippen molar-refractivity contribution in [2.75, 3.05) is 12.4 Å². The van der Waals surface area contributed by atoms with Crippen molar-refractivity contribution >= 4 is 47.7 Å². The quantitative estimate of drug-likeness (QED) is 0.158. The zero-order valence-electron chi connectivity index (χ0n) is 30.1. The van der Waals surface area contributed by atoms with Crippen LogP contribution in [0, 0.1) is 17.3 Å². The molecule has 14 nitrogen and oxygen atoms in total. The van der Waals surface area contributed by atoms with Crippen LogP contribution in [-0.2, 0) is 54.1 Å². The van der Waals surface area contributed by atoms with Crippen LogP contribution in [0.25, 0.3) is 0 Å². The van der Waals surface area contributed by atoms with Crippen molar-refractivity contribution in [3.05, 3.63) is 59.7 Å². The van der Waals surface area contributed by atoms with Gasteiger partial charge in [-0.25, -0.2) is 14.4 Å². The molecular weight excluding hydrogens is 664 g/mol. The number of hydrogen-bond donors (Lipinski definition) is 2. The first-order chi connectivity index (χ1) is 24.1. The number of Topliss-reactive ketones (excluding diaryl/α,β-unsaturated/α-hetero) is 1. The summed E-state index contributed by atoms with van der Waals surface area (Å²) in [7, 11) is 1.27. The van der Waals surface area contributed by atoms with E-state index in [9.17, 15) is 33.6 Å². The first kappa shape index (κ1) is 40.2. The normalized spacial score (nSPS) is 23.7. The molecule has 2 N–H and O–H groups in total. The number of nitrogens with one attached hydrogen (secondary N) is 2. The van der Waals surface area contributed by atoms with E-state index < -0.39 is 83.3 Å². The van der Waals surface area contributed by atoms with Crippen LogP contribution < -0.4 is 15.4 Å². The van der Waals surface area contributed by atoms with Crippen molar-refractivity contribution in [3.63, 3.8) is 0 Å². The van der Waals surface area contributed by atoms with Crippen molar-refractivity contribution < 1.29 is 57.2 Å². The van der Waals surface area contributed by atoms with Gasteiger partial charge in [0.25, 0.3) is 5.91 Å². The Morgan fingerprint density at radius 1 is 0.882 bits per heavy atom. The van der Waals surface area contributed by atoms with Gasteiger partial charge < -0.3 is 34.3 Å². The molecule has 6 atom stereocenters. The summed E-state index contributed by atoms with van der Waals surface area (Å²) in [5.41, 5.74) is -1.22. The molecule has 0 saturated carbocycles. The number of carbonyl (C=O) groups is 7. The number of para-hydroxylation sites is 1. The van der Waals surface area contributed by atoms with E-state index in [4.69, 9.17) is 23.7 Å². The largest absolute Gasteiger partial charge is 0.494 e. The van der Waals surface area contributed by atoms with Gasteiger partial charge in [0.15, 0.2) is 23.7 Å². The molecule has 0 aliphatic carbocycles. The van der Waals surface area contributed by atoms with E-state index in [1.54, 1.807) is 58.0 Å². The Balaban J connectivity index is 2.13. The third kappa shape index (κ3) is 9.71. The molecule has 2 amide bonds. The summed E-state index contributed by atoms with van der Waals surface area (Å²) >= 11 is 0. The first-order valence-corrected chi connectivity index (χ1v) is 16.7. The van der Waals surface area contributed by atoms with Crippen molar-refractivity contribution in [2.24, 2.45) is 17.3 Å². The first-order valence-electron chi connectivity index (χ1n) is 16.7. The Kier molecular flexibility index (Phi) is 13.9. The predicted molar refractivity (Wildman–Crippen MR) is 182 cm³/mol. The highest BCUT2D eigenvalue weighted by atomic mass is 16.6. The second kappa shape index (κ2) is 17.6. The maximum absolute atomic E-state index is 14.0. The molecule has 0 spiro atoms. The summed E-state index contributed by atoms with van der Waals surface area (Å²) in [6.07, 6.45) is -5.44. The molecule has 0 aromatic heterocycles. The Bertz CT molecular complexity index is 1610. The number of hydrogen-bond acceptors (Lipinski definition) is 12. The smallest absolute Gasteiger partial charge is 0.348 e. The van der Waals surface area contributed by atoms with Gasteiger partial charge in [-0.05, 0) is 44.9 Å². The number of ketones is 1. The molecule has 1 aliphatic rings. The predicted octanol–water partition coefficient (Wildman–Crippen LogP) is 3.58. The molecule has 1 aliphatic heterocycles. The van der Waals surface area contributed by atoms with Gasteiger partial charge in [-0.2, -0.15) is 0 Å². The van der Waals surface area contributed by atoms with Gasteiger partial charge in [-0.1, -0.05) is 64.1 Å². The van der Waals surface area contributed by atoms with Crippen molar-refractivity contribution in [1.82, 2.24) is 5.32 Å². The number of amides is 2. The van der Waals surface area contributed by atoms with Crippen LogP contribution >= 0.6 is 0 Å². The van der Waals surface area contributed by atoms with Gasteiger partial charge >= 0.3 is 23.9 Å². The van der Waals surface area contributed by atoms with Crippen LogP contribution in [0.15, 0.2) is 48.5 Å². The van der Waals surface area contributed by atoms with Gasteiger partial charge in [-0.3, -0.25) is 19.2 Å². The highest BCUT2D eigenvalue weighted by molar-refractivity contribution is 6.06. The Hall–Kier alpha value is -5.27. The number of ether oxygens (including phenoxy) is 5. The summed E-state index contributed by atoms with van der Waals surface area (Å²) in [5, 5.41) is 4.92. The van der Waals surface area contributed by atoms with Crippen LogP contribution in [0.5, 0.6) is 5.75 Å². The van der Waals surface area contributed by atoms with Gasteiger partial charge in [-0.15, -0.1) is 0 Å². The molecule has 1 fully saturated rings. The lowest BCUT2D eigenvalue weighted by Crippen LogP contribution is -2.52. The molecule has 1 heterocycles. The molecule has 1 saturated heterocycles. The zero-order chi connectivity index (χ0) is 38.0. The summed E-state index contributed by atoms with van der Waals surface area (Å²) in [4.78, 5) is 93.8. The third-order valence-electron chi connectivity index (χ3n) is 8.64. The molecule has 2 aromatic rings. The second-order valence-corrected chi connectivity index (χ2v) is 13.2. The minimum absolute atomic E-state index is 0.0265. The summed E-state index contributed by atoms with van der Waals surface area (Å²) < 4.78 is 28.0. The molecule has 276 valence electrons. The zero-order valence-corrected chi connectivity index (χ0v) is 30.1. The maximum Gasteiger partial charge on any atom is 0.348 e. The number of esters is 4. The Morgan fingerprint density at radius 2 is 1.53 bits per heavy atom. The number of methoxy groups -OCH3 is 1. The molecule has 0 bridgehead atoms. The van der Waals surface area contributed by atoms with Gasteiger partial charge in [0, 0.05) is 18.3 Å². The van der Waals surface area contributed by atoms with Crippen LogP contribution in [0.3, 0.4) is 0 Å². The van der Waals surface area contributed by atoms with Crippen molar-refractivity contribution in [1.29, 1.82) is 0 Å². The summed E-state index contributed by atoms with van der Waals surface area (Å²) in [6.45, 7) is 10.5. The monoisotopic (exact) mass is 710 g/mol. The van der Waals surface area contributed by atoms with Crippen LogP contribution in [0.1, 0.15) is 70.8 Å². The van der Waals surface area contributed by atoms with E-state index in [1.807, 2.05) is 0 Å². The molecule has 2 aromatic carbocycles. The highest BCUT2D eigenvalue weighted by Gasteiger charge is 2.47. The van der Waals surface area contributed by atoms with E-state index in [0.717, 1.165) is 0 Å². The fraction of sp³-hybridized carbons (Fsp3) is 0.486. The van der Waals surface area contributed by atoms with Gasteiger partial charge in [0.1, 0.15) is 11.5 Å². The number of anilines is 1. The Morgan fingerprint density at radius 3 is 2.12 bits per heavy atom. The van der Waals surface area contributed by atoms with Crippen LogP contribution in [0.4, 0.5) is 5.69 Å². The summed E-state index contributed by atoms with van der Waals surface area (Å²) in [5.74, 6) is -7.35. The van der Waals surface area contributed by atoms with E-state index >= 15 is 0 Å². The number of rotatable bonds is 10. The third-order valence-corrected chi connectivity index (χ3v) is 8.64. The topological polar surface area (TPSA) is 190 Å². The van der Waals surface area contributed by atoms with E-state index in [-0.39, 0.29) is 23.4 Å². The lowest BCUT2D eigenvalue weighted by atomic mass is 9.83. The fourth-order valence-corrected chi connectivity index (χ4v) is 5.27. The lowest BCUT2D eigenvalue weighted by molar-refractivity contribution is -0.183. The van der Waals surface area contributed by atoms with Crippen molar-refractivity contribution in [3.8, 4) is 5.75 Å². The average Bonchev–Trinajstić information content (AvgIpc) is 3.10. The molecule has 51 heavy (non-hydrogen) atoms. The van der Waals surface area contributed by atoms with E-state index in [1.165, 1.54) is 46.1 Å². The van der Waals surface area contributed by atoms with E-state index in [2.05, 4.69) is 10.6 Å². The lowest BCUT2D eigenvalue weighted by Gasteiger charge is -2.30. The average molecular weight is 711 g/mol. The SMILES string of the molecule is CC[C@H](C)[C@@H]1OC(=O)C(C)(C)C(=O)[C@H](Cc2ccccc2)OC(=O)[C@H](C(C)C)OC(=O)C(NC(=O)c2cccc(NC=O)c2OC)C(C)OC1=O. The minimum Gasteiger partial charge on any atom is -0.494 e. The van der Waals surface area contributed by atoms with Gasteiger partial charge in [0.05, 0.1) is 18.4 Å². The number of benzene rings is 2. The summed E-state index contributed by atoms with van der Waals surface area (Å²) in [6, 6.07) is 11.3. The fourth-order valence-electron chi connectivity index (χ4n) is 5.27. The van der Waals surface area contributed by atoms with Crippen molar-refractivity contribution in [2.45, 2.75) is 91.8 Å². The maximum atomic E-state index is 14.0. The second-order valence-electron chi connectivity index (χ2n) is 13.2. The van der Waals surface area contributed by atoms with Gasteiger partial charge in [0.2, 0.25) is 18.6 Å². The molecular formula is C37H46N2O12. The molecule has 0 radical (unpaired) electrons. The van der Waals surface area contributed by atoms with E-state index in [0.29, 0.717) is 18.4 Å². The molecule has 3 rings (SSSR count). The Labute approximate surface area is 296 Å². The molecule has 14 heteroatoms. The standard InChI is InChI=1S/C37H46N2O12/c1-9-21(4)29-35(45)48-22(5)27(39-32(42)24-16-13-17-25(38-19-40)30(24)47-8)33(43)50-28(20(2)3)34(44)49-26(18-23-14-11-10-12-15-23)31(41)37(6,7)36(46)51-29/h10-17,19-22,26-29H,9,18H2,1-8H3,(H,38,40)(H,39,42)/t21-,22?,26-,27?,28-,29-/m0/s1. The van der Waals surface area contributed by atoms with Crippen LogP contribution in [-0.4, -0.2) is 79.5 Å². The minimum atomic E-state index is -1.90. The molecule has 2 unspecified atom stereocenters. The highest BCUT2D eigenvalue weighted by Crippen LogP contribution is 2.30. The van der Waals surface area contributed by atoms with Crippen LogP contribution in [0.2, 0.25) is 0 Å². The number of carbonyl (C=O) groups excluding carboxylic acids is 7.